The van der Waals surface area contributed by atoms with Gasteiger partial charge in [-0.15, -0.1) is 0 Å². The summed E-state index contributed by atoms with van der Waals surface area (Å²) in [6.07, 6.45) is 3.97. The van der Waals surface area contributed by atoms with Crippen LogP contribution < -0.4 is 10.2 Å². The summed E-state index contributed by atoms with van der Waals surface area (Å²) in [5.74, 6) is -0.0376. The third-order valence-electron chi connectivity index (χ3n) is 4.45. The molecule has 0 aliphatic carbocycles. The van der Waals surface area contributed by atoms with Gasteiger partial charge in [-0.25, -0.2) is 0 Å². The van der Waals surface area contributed by atoms with Crippen LogP contribution in [-0.4, -0.2) is 30.1 Å². The van der Waals surface area contributed by atoms with Crippen molar-refractivity contribution in [3.63, 3.8) is 0 Å². The molecule has 1 N–H and O–H groups in total. The maximum absolute atomic E-state index is 12.4. The molecule has 0 unspecified atom stereocenters. The first kappa shape index (κ1) is 17.8. The minimum absolute atomic E-state index is 0.0376. The maximum Gasteiger partial charge on any atom is 0.251 e. The van der Waals surface area contributed by atoms with Crippen LogP contribution in [0.15, 0.2) is 73.1 Å². The Morgan fingerprint density at radius 2 is 1.77 bits per heavy atom. The molecule has 4 nitrogen and oxygen atoms in total. The molecule has 0 aliphatic heterocycles. The van der Waals surface area contributed by atoms with E-state index in [4.69, 9.17) is 0 Å². The zero-order valence-electron chi connectivity index (χ0n) is 15.4. The number of likely N-dealkylation sites (N-methyl/N-ethyl adjacent to an activating group) is 1. The van der Waals surface area contributed by atoms with Gasteiger partial charge < -0.3 is 14.8 Å². The molecule has 0 aliphatic rings. The van der Waals surface area contributed by atoms with Gasteiger partial charge in [0.1, 0.15) is 0 Å². The third-order valence-corrected chi connectivity index (χ3v) is 4.45. The molecule has 3 aromatic rings. The van der Waals surface area contributed by atoms with E-state index < -0.39 is 0 Å². The molecular formula is C22H25N3O. The van der Waals surface area contributed by atoms with Gasteiger partial charge >= 0.3 is 0 Å². The number of amides is 1. The van der Waals surface area contributed by atoms with Crippen LogP contribution in [-0.2, 0) is 0 Å². The lowest BCUT2D eigenvalue weighted by Crippen LogP contribution is -2.35. The first-order chi connectivity index (χ1) is 12.7. The Labute approximate surface area is 155 Å². The molecule has 26 heavy (non-hydrogen) atoms. The number of nitrogens with one attached hydrogen (secondary N) is 1. The van der Waals surface area contributed by atoms with Crippen molar-refractivity contribution < 1.29 is 4.79 Å². The number of aromatic nitrogens is 1. The summed E-state index contributed by atoms with van der Waals surface area (Å²) in [7, 11) is 0. The van der Waals surface area contributed by atoms with E-state index in [0.717, 1.165) is 18.8 Å². The summed E-state index contributed by atoms with van der Waals surface area (Å²) in [5.41, 5.74) is 4.16. The number of benzene rings is 2. The average Bonchev–Trinajstić information content (AvgIpc) is 3.20. The summed E-state index contributed by atoms with van der Waals surface area (Å²) < 4.78 is 2.02. The molecule has 1 heterocycles. The fraction of sp³-hybridized carbons (Fsp3) is 0.227. The van der Waals surface area contributed by atoms with Gasteiger partial charge in [0.2, 0.25) is 0 Å². The Balaban J connectivity index is 1.55. The molecule has 2 aromatic carbocycles. The van der Waals surface area contributed by atoms with Gasteiger partial charge in [0.15, 0.2) is 0 Å². The predicted octanol–water partition coefficient (Wildman–Crippen LogP) is 4.04. The van der Waals surface area contributed by atoms with Crippen molar-refractivity contribution in [2.24, 2.45) is 0 Å². The second-order valence-electron chi connectivity index (χ2n) is 6.31. The normalized spacial score (nSPS) is 10.5. The van der Waals surface area contributed by atoms with Crippen molar-refractivity contribution in [3.05, 3.63) is 84.2 Å². The maximum atomic E-state index is 12.4. The highest BCUT2D eigenvalue weighted by atomic mass is 16.1. The second kappa shape index (κ2) is 8.39. The van der Waals surface area contributed by atoms with Gasteiger partial charge in [-0.05, 0) is 67.9 Å². The summed E-state index contributed by atoms with van der Waals surface area (Å²) >= 11 is 0. The van der Waals surface area contributed by atoms with Crippen molar-refractivity contribution in [3.8, 4) is 5.69 Å². The van der Waals surface area contributed by atoms with Gasteiger partial charge in [-0.2, -0.15) is 0 Å². The molecule has 0 bridgehead atoms. The highest BCUT2D eigenvalue weighted by Crippen LogP contribution is 2.15. The van der Waals surface area contributed by atoms with E-state index in [1.165, 1.54) is 11.3 Å². The monoisotopic (exact) mass is 347 g/mol. The highest BCUT2D eigenvalue weighted by Gasteiger charge is 2.08. The zero-order chi connectivity index (χ0) is 18.4. The minimum atomic E-state index is -0.0376. The lowest BCUT2D eigenvalue weighted by Gasteiger charge is -2.23. The molecular weight excluding hydrogens is 322 g/mol. The third kappa shape index (κ3) is 4.33. The summed E-state index contributed by atoms with van der Waals surface area (Å²) in [6, 6.07) is 20.0. The summed E-state index contributed by atoms with van der Waals surface area (Å²) in [6.45, 7) is 6.53. The lowest BCUT2D eigenvalue weighted by molar-refractivity contribution is 0.0954. The molecule has 0 fully saturated rings. The van der Waals surface area contributed by atoms with Crippen LogP contribution in [0.3, 0.4) is 0 Å². The van der Waals surface area contributed by atoms with Crippen LogP contribution in [0.2, 0.25) is 0 Å². The molecule has 0 saturated heterocycles. The Kier molecular flexibility index (Phi) is 5.74. The topological polar surface area (TPSA) is 37.3 Å². The van der Waals surface area contributed by atoms with Crippen molar-refractivity contribution >= 4 is 11.6 Å². The smallest absolute Gasteiger partial charge is 0.251 e. The van der Waals surface area contributed by atoms with E-state index in [2.05, 4.69) is 48.3 Å². The fourth-order valence-corrected chi connectivity index (χ4v) is 2.99. The first-order valence-electron chi connectivity index (χ1n) is 9.00. The minimum Gasteiger partial charge on any atom is -0.370 e. The number of carbonyl (C=O) groups is 1. The van der Waals surface area contributed by atoms with Crippen LogP contribution in [0, 0.1) is 6.92 Å². The number of hydrogen-bond acceptors (Lipinski definition) is 2. The molecule has 134 valence electrons. The average molecular weight is 347 g/mol. The van der Waals surface area contributed by atoms with E-state index in [1.54, 1.807) is 0 Å². The van der Waals surface area contributed by atoms with Crippen LogP contribution in [0.1, 0.15) is 22.8 Å². The van der Waals surface area contributed by atoms with Gasteiger partial charge in [0, 0.05) is 49.0 Å². The first-order valence-corrected chi connectivity index (χ1v) is 9.00. The van der Waals surface area contributed by atoms with Crippen LogP contribution in [0.5, 0.6) is 0 Å². The van der Waals surface area contributed by atoms with Crippen LogP contribution >= 0.6 is 0 Å². The zero-order valence-corrected chi connectivity index (χ0v) is 15.4. The quantitative estimate of drug-likeness (QED) is 0.700. The largest absolute Gasteiger partial charge is 0.370 e. The van der Waals surface area contributed by atoms with E-state index in [-0.39, 0.29) is 5.91 Å². The number of hydrogen-bond donors (Lipinski definition) is 1. The van der Waals surface area contributed by atoms with Crippen molar-refractivity contribution in [1.82, 2.24) is 9.88 Å². The van der Waals surface area contributed by atoms with E-state index in [1.807, 2.05) is 53.4 Å². The predicted molar refractivity (Wildman–Crippen MR) is 107 cm³/mol. The number of anilines is 1. The Morgan fingerprint density at radius 3 is 2.42 bits per heavy atom. The lowest BCUT2D eigenvalue weighted by atomic mass is 10.2. The van der Waals surface area contributed by atoms with Crippen molar-refractivity contribution in [2.45, 2.75) is 13.8 Å². The Bertz CT molecular complexity index is 838. The van der Waals surface area contributed by atoms with E-state index in [9.17, 15) is 4.79 Å². The Morgan fingerprint density at radius 1 is 1.04 bits per heavy atom. The summed E-state index contributed by atoms with van der Waals surface area (Å²) in [4.78, 5) is 14.6. The molecule has 1 amide bonds. The van der Waals surface area contributed by atoms with Crippen LogP contribution in [0.4, 0.5) is 5.69 Å². The number of rotatable bonds is 7. The van der Waals surface area contributed by atoms with Crippen molar-refractivity contribution in [2.75, 3.05) is 24.5 Å². The molecule has 0 saturated carbocycles. The van der Waals surface area contributed by atoms with E-state index in [0.29, 0.717) is 12.1 Å². The van der Waals surface area contributed by atoms with Gasteiger partial charge in [0.05, 0.1) is 0 Å². The Hall–Kier alpha value is -3.01. The van der Waals surface area contributed by atoms with Gasteiger partial charge in [0.25, 0.3) is 5.91 Å². The fourth-order valence-electron chi connectivity index (χ4n) is 2.99. The van der Waals surface area contributed by atoms with E-state index >= 15 is 0 Å². The van der Waals surface area contributed by atoms with Gasteiger partial charge in [-0.3, -0.25) is 4.79 Å². The molecule has 3 rings (SSSR count). The summed E-state index contributed by atoms with van der Waals surface area (Å²) in [5, 5.41) is 3.01. The molecule has 4 heteroatoms. The molecule has 0 atom stereocenters. The standard InChI is InChI=1S/C22H25N3O/c1-3-24(21-8-6-7-18(2)17-21)16-13-23-22(26)19-9-11-20(12-10-19)25-14-4-5-15-25/h4-12,14-15,17H,3,13,16H2,1-2H3,(H,23,26). The second-order valence-corrected chi connectivity index (χ2v) is 6.31. The molecule has 0 spiro atoms. The number of nitrogens with zero attached hydrogens (tertiary/aromatic N) is 2. The number of carbonyl (C=O) groups excluding carboxylic acids is 1. The molecule has 0 radical (unpaired) electrons. The SMILES string of the molecule is CCN(CCNC(=O)c1ccc(-n2cccc2)cc1)c1cccc(C)c1. The van der Waals surface area contributed by atoms with Crippen molar-refractivity contribution in [1.29, 1.82) is 0 Å². The van der Waals surface area contributed by atoms with Gasteiger partial charge in [-0.1, -0.05) is 12.1 Å². The molecule has 1 aromatic heterocycles. The van der Waals surface area contributed by atoms with Crippen LogP contribution in [0.25, 0.3) is 5.69 Å². The highest BCUT2D eigenvalue weighted by molar-refractivity contribution is 5.94. The number of aryl methyl sites for hydroxylation is 1.